The Morgan fingerprint density at radius 2 is 2.21 bits per heavy atom. The smallest absolute Gasteiger partial charge is 0.223 e. The number of likely N-dealkylation sites (N-methyl/N-ethyl adjacent to an activating group) is 1. The van der Waals surface area contributed by atoms with Crippen molar-refractivity contribution in [1.29, 1.82) is 0 Å². The Labute approximate surface area is 116 Å². The second-order valence-electron chi connectivity index (χ2n) is 5.61. The minimum absolute atomic E-state index is 0.254. The molecular formula is C16H24N2O. The molecule has 1 aliphatic heterocycles. The minimum atomic E-state index is 0.254. The van der Waals surface area contributed by atoms with E-state index in [1.807, 2.05) is 24.1 Å². The molecule has 1 heterocycles. The Kier molecular flexibility index (Phi) is 4.59. The van der Waals surface area contributed by atoms with E-state index in [4.69, 9.17) is 0 Å². The van der Waals surface area contributed by atoms with Gasteiger partial charge < -0.3 is 10.2 Å². The average Bonchev–Trinajstić information content (AvgIpc) is 2.92. The van der Waals surface area contributed by atoms with Gasteiger partial charge in [0.05, 0.1) is 0 Å². The van der Waals surface area contributed by atoms with Gasteiger partial charge in [0.2, 0.25) is 5.91 Å². The van der Waals surface area contributed by atoms with Crippen molar-refractivity contribution in [1.82, 2.24) is 10.2 Å². The van der Waals surface area contributed by atoms with Crippen LogP contribution in [0.25, 0.3) is 0 Å². The molecule has 0 aromatic heterocycles. The molecule has 19 heavy (non-hydrogen) atoms. The van der Waals surface area contributed by atoms with Crippen LogP contribution in [-0.2, 0) is 4.79 Å². The maximum Gasteiger partial charge on any atom is 0.223 e. The summed E-state index contributed by atoms with van der Waals surface area (Å²) in [6, 6.07) is 8.71. The van der Waals surface area contributed by atoms with Gasteiger partial charge in [0.15, 0.2) is 0 Å². The Balaban J connectivity index is 1.96. The molecule has 2 rings (SSSR count). The lowest BCUT2D eigenvalue weighted by Gasteiger charge is -2.25. The summed E-state index contributed by atoms with van der Waals surface area (Å²) in [5.41, 5.74) is 2.56. The van der Waals surface area contributed by atoms with Crippen LogP contribution in [-0.4, -0.2) is 37.0 Å². The first kappa shape index (κ1) is 14.1. The first-order chi connectivity index (χ1) is 9.09. The third kappa shape index (κ3) is 3.35. The number of hydrogen-bond acceptors (Lipinski definition) is 2. The lowest BCUT2D eigenvalue weighted by Crippen LogP contribution is -2.38. The summed E-state index contributed by atoms with van der Waals surface area (Å²) in [7, 11) is 1.94. The van der Waals surface area contributed by atoms with Gasteiger partial charge in [0.25, 0.3) is 0 Å². The molecule has 1 fully saturated rings. The number of rotatable bonds is 4. The third-order valence-electron chi connectivity index (χ3n) is 4.18. The number of hydrogen-bond donors (Lipinski definition) is 1. The number of carbonyl (C=O) groups is 1. The van der Waals surface area contributed by atoms with Crippen LogP contribution < -0.4 is 5.32 Å². The van der Waals surface area contributed by atoms with Crippen molar-refractivity contribution < 1.29 is 4.79 Å². The number of aryl methyl sites for hydroxylation is 1. The molecule has 0 spiro atoms. The van der Waals surface area contributed by atoms with Gasteiger partial charge in [0.1, 0.15) is 0 Å². The number of nitrogens with one attached hydrogen (secondary N) is 1. The van der Waals surface area contributed by atoms with E-state index in [2.05, 4.69) is 31.3 Å². The van der Waals surface area contributed by atoms with E-state index < -0.39 is 0 Å². The van der Waals surface area contributed by atoms with Gasteiger partial charge in [-0.05, 0) is 36.9 Å². The highest BCUT2D eigenvalue weighted by molar-refractivity contribution is 5.77. The second-order valence-corrected chi connectivity index (χ2v) is 5.61. The molecule has 1 aromatic carbocycles. The quantitative estimate of drug-likeness (QED) is 0.901. The van der Waals surface area contributed by atoms with Gasteiger partial charge in [-0.25, -0.2) is 0 Å². The topological polar surface area (TPSA) is 32.3 Å². The van der Waals surface area contributed by atoms with E-state index in [1.165, 1.54) is 11.1 Å². The maximum absolute atomic E-state index is 12.3. The van der Waals surface area contributed by atoms with Crippen LogP contribution in [0.3, 0.4) is 0 Å². The van der Waals surface area contributed by atoms with E-state index >= 15 is 0 Å². The van der Waals surface area contributed by atoms with Crippen LogP contribution in [0, 0.1) is 6.92 Å². The molecular weight excluding hydrogens is 236 g/mol. The average molecular weight is 260 g/mol. The largest absolute Gasteiger partial charge is 0.341 e. The van der Waals surface area contributed by atoms with Crippen molar-refractivity contribution >= 4 is 5.91 Å². The van der Waals surface area contributed by atoms with Gasteiger partial charge in [-0.2, -0.15) is 0 Å². The standard InChI is InChI=1S/C16H24N2O/c1-12-6-4-5-7-15(12)13(2)10-16(19)18(3)14-8-9-17-11-14/h4-7,13-14,17H,8-11H2,1-3H3. The molecule has 1 aliphatic rings. The fourth-order valence-electron chi connectivity index (χ4n) is 2.83. The van der Waals surface area contributed by atoms with Crippen LogP contribution >= 0.6 is 0 Å². The van der Waals surface area contributed by atoms with Crippen molar-refractivity contribution in [3.63, 3.8) is 0 Å². The molecule has 1 N–H and O–H groups in total. The monoisotopic (exact) mass is 260 g/mol. The highest BCUT2D eigenvalue weighted by atomic mass is 16.2. The van der Waals surface area contributed by atoms with E-state index in [1.54, 1.807) is 0 Å². The van der Waals surface area contributed by atoms with Gasteiger partial charge >= 0.3 is 0 Å². The van der Waals surface area contributed by atoms with E-state index in [-0.39, 0.29) is 11.8 Å². The van der Waals surface area contributed by atoms with Gasteiger partial charge in [-0.1, -0.05) is 31.2 Å². The third-order valence-corrected chi connectivity index (χ3v) is 4.18. The molecule has 0 bridgehead atoms. The lowest BCUT2D eigenvalue weighted by atomic mass is 9.93. The highest BCUT2D eigenvalue weighted by Gasteiger charge is 2.24. The van der Waals surface area contributed by atoms with Crippen molar-refractivity contribution in [3.05, 3.63) is 35.4 Å². The molecule has 1 saturated heterocycles. The molecule has 3 nitrogen and oxygen atoms in total. The van der Waals surface area contributed by atoms with Gasteiger partial charge in [-0.15, -0.1) is 0 Å². The van der Waals surface area contributed by atoms with E-state index in [0.29, 0.717) is 12.5 Å². The minimum Gasteiger partial charge on any atom is -0.341 e. The molecule has 0 radical (unpaired) electrons. The molecule has 2 unspecified atom stereocenters. The van der Waals surface area contributed by atoms with Crippen LogP contribution in [0.1, 0.15) is 36.8 Å². The molecule has 104 valence electrons. The normalized spacial score (nSPS) is 20.3. The Morgan fingerprint density at radius 1 is 1.47 bits per heavy atom. The predicted octanol–water partition coefficient (Wildman–Crippen LogP) is 2.31. The summed E-state index contributed by atoms with van der Waals surface area (Å²) >= 11 is 0. The van der Waals surface area contributed by atoms with Gasteiger partial charge in [0, 0.05) is 26.1 Å². The fourth-order valence-corrected chi connectivity index (χ4v) is 2.83. The number of carbonyl (C=O) groups excluding carboxylic acids is 1. The molecule has 1 amide bonds. The number of amides is 1. The second kappa shape index (κ2) is 6.20. The van der Waals surface area contributed by atoms with Crippen molar-refractivity contribution in [3.8, 4) is 0 Å². The summed E-state index contributed by atoms with van der Waals surface area (Å²) in [5, 5.41) is 3.31. The SMILES string of the molecule is Cc1ccccc1C(C)CC(=O)N(C)C1CCNC1. The summed E-state index contributed by atoms with van der Waals surface area (Å²) in [6.45, 7) is 6.21. The van der Waals surface area contributed by atoms with Crippen LogP contribution in [0.15, 0.2) is 24.3 Å². The number of nitrogens with zero attached hydrogens (tertiary/aromatic N) is 1. The molecule has 2 atom stereocenters. The zero-order chi connectivity index (χ0) is 13.8. The molecule has 1 aromatic rings. The summed E-state index contributed by atoms with van der Waals surface area (Å²) in [4.78, 5) is 14.2. The maximum atomic E-state index is 12.3. The lowest BCUT2D eigenvalue weighted by molar-refractivity contribution is -0.132. The highest BCUT2D eigenvalue weighted by Crippen LogP contribution is 2.23. The first-order valence-corrected chi connectivity index (χ1v) is 7.11. The molecule has 0 aliphatic carbocycles. The Hall–Kier alpha value is -1.35. The van der Waals surface area contributed by atoms with Gasteiger partial charge in [-0.3, -0.25) is 4.79 Å². The summed E-state index contributed by atoms with van der Waals surface area (Å²) < 4.78 is 0. The van der Waals surface area contributed by atoms with Crippen LogP contribution in [0.4, 0.5) is 0 Å². The van der Waals surface area contributed by atoms with Crippen LogP contribution in [0.5, 0.6) is 0 Å². The van der Waals surface area contributed by atoms with Crippen molar-refractivity contribution in [2.24, 2.45) is 0 Å². The summed E-state index contributed by atoms with van der Waals surface area (Å²) in [5.74, 6) is 0.537. The van der Waals surface area contributed by atoms with Crippen molar-refractivity contribution in [2.45, 2.75) is 38.6 Å². The first-order valence-electron chi connectivity index (χ1n) is 7.11. The van der Waals surface area contributed by atoms with Crippen LogP contribution in [0.2, 0.25) is 0 Å². The fraction of sp³-hybridized carbons (Fsp3) is 0.562. The Morgan fingerprint density at radius 3 is 2.84 bits per heavy atom. The summed E-state index contributed by atoms with van der Waals surface area (Å²) in [6.07, 6.45) is 1.67. The van der Waals surface area contributed by atoms with E-state index in [0.717, 1.165) is 19.5 Å². The zero-order valence-corrected chi connectivity index (χ0v) is 12.1. The van der Waals surface area contributed by atoms with Crippen molar-refractivity contribution in [2.75, 3.05) is 20.1 Å². The Bertz CT molecular complexity index is 438. The van der Waals surface area contributed by atoms with E-state index in [9.17, 15) is 4.79 Å². The zero-order valence-electron chi connectivity index (χ0n) is 12.1. The molecule has 0 saturated carbocycles. The predicted molar refractivity (Wildman–Crippen MR) is 78.3 cm³/mol. The molecule has 3 heteroatoms. The number of benzene rings is 1.